The maximum Gasteiger partial charge on any atom is 0.428 e. The van der Waals surface area contributed by atoms with Crippen LogP contribution in [0.2, 0.25) is 0 Å². The molecule has 3 aromatic carbocycles. The number of nitrogens with one attached hydrogen (secondary N) is 3. The first-order valence-corrected chi connectivity index (χ1v) is 11.6. The Morgan fingerprint density at radius 3 is 1.86 bits per heavy atom. The maximum absolute atomic E-state index is 12.6. The minimum absolute atomic E-state index is 0.264. The van der Waals surface area contributed by atoms with Gasteiger partial charge in [-0.2, -0.15) is 5.10 Å². The fourth-order valence-corrected chi connectivity index (χ4v) is 4.44. The number of carbonyl (C=O) groups is 1. The number of hydrogen-bond acceptors (Lipinski definition) is 3. The van der Waals surface area contributed by atoms with Crippen molar-refractivity contribution in [2.45, 2.75) is 32.3 Å². The Bertz CT molecular complexity index is 1430. The van der Waals surface area contributed by atoms with Gasteiger partial charge in [0.25, 0.3) is 0 Å². The lowest BCUT2D eigenvalue weighted by Crippen LogP contribution is -2.31. The second-order valence-corrected chi connectivity index (χ2v) is 9.49. The van der Waals surface area contributed by atoms with Crippen LogP contribution in [0.15, 0.2) is 96.4 Å². The van der Waals surface area contributed by atoms with E-state index in [1.807, 2.05) is 87.8 Å². The highest BCUT2D eigenvalue weighted by molar-refractivity contribution is 6.11. The largest absolute Gasteiger partial charge is 0.443 e. The van der Waals surface area contributed by atoms with E-state index in [1.165, 1.54) is 0 Å². The Morgan fingerprint density at radius 2 is 1.31 bits per heavy atom. The molecule has 0 aliphatic rings. The van der Waals surface area contributed by atoms with E-state index < -0.39 is 11.7 Å². The number of hydrazone groups is 1. The molecule has 0 radical (unpaired) electrons. The lowest BCUT2D eigenvalue weighted by Gasteiger charge is -2.21. The average molecular weight is 465 g/mol. The number of fused-ring (bicyclic) bond motifs is 2. The number of H-pyrrole nitrogens is 2. The van der Waals surface area contributed by atoms with Crippen LogP contribution in [0.25, 0.3) is 21.8 Å². The van der Waals surface area contributed by atoms with Crippen LogP contribution in [0.5, 0.6) is 0 Å². The quantitative estimate of drug-likeness (QED) is 0.200. The minimum Gasteiger partial charge on any atom is -0.443 e. The average Bonchev–Trinajstić information content (AvgIpc) is 3.46. The topological polar surface area (TPSA) is 82.3 Å². The summed E-state index contributed by atoms with van der Waals surface area (Å²) < 4.78 is 5.46. The van der Waals surface area contributed by atoms with Gasteiger partial charge in [0, 0.05) is 34.2 Å². The van der Waals surface area contributed by atoms with Crippen molar-refractivity contribution in [1.82, 2.24) is 15.4 Å². The molecule has 0 atom stereocenters. The molecule has 0 aliphatic heterocycles. The van der Waals surface area contributed by atoms with Crippen molar-refractivity contribution in [2.24, 2.45) is 5.10 Å². The Labute approximate surface area is 204 Å². The van der Waals surface area contributed by atoms with Crippen molar-refractivity contribution in [3.8, 4) is 0 Å². The van der Waals surface area contributed by atoms with Gasteiger partial charge in [-0.3, -0.25) is 0 Å². The molecule has 1 amide bonds. The summed E-state index contributed by atoms with van der Waals surface area (Å²) in [5.41, 5.74) is 7.86. The number of rotatable bonds is 5. The first kappa shape index (κ1) is 22.5. The Hall–Kier alpha value is -4.32. The molecule has 5 aromatic rings. The summed E-state index contributed by atoms with van der Waals surface area (Å²) in [6.07, 6.45) is 3.47. The highest BCUT2D eigenvalue weighted by atomic mass is 16.6. The number of carbonyl (C=O) groups excluding carboxylic acids is 1. The third-order valence-corrected chi connectivity index (χ3v) is 5.87. The molecule has 0 fully saturated rings. The normalized spacial score (nSPS) is 12.4. The fourth-order valence-electron chi connectivity index (χ4n) is 4.44. The first-order valence-electron chi connectivity index (χ1n) is 11.6. The van der Waals surface area contributed by atoms with Gasteiger partial charge in [0.1, 0.15) is 5.60 Å². The van der Waals surface area contributed by atoms with Gasteiger partial charge in [0.2, 0.25) is 0 Å². The third kappa shape index (κ3) is 4.68. The summed E-state index contributed by atoms with van der Waals surface area (Å²) in [7, 11) is 0. The van der Waals surface area contributed by atoms with Gasteiger partial charge in [-0.1, -0.05) is 66.7 Å². The summed E-state index contributed by atoms with van der Waals surface area (Å²) in [5.74, 6) is -0.264. The molecule has 0 unspecified atom stereocenters. The summed E-state index contributed by atoms with van der Waals surface area (Å²) in [5, 5.41) is 6.87. The summed E-state index contributed by atoms with van der Waals surface area (Å²) in [4.78, 5) is 19.4. The standard InChI is InChI=1S/C29H28N4O2/c1-29(2,3)35-28(34)33-32-27(19-11-5-4-6-12-19)26(22-17-30-24-15-9-7-13-20(22)24)23-18-31-25-16-10-8-14-21(23)25/h4-18,26,30-31H,1-3H3,(H,33,34)/b32-27+. The zero-order valence-corrected chi connectivity index (χ0v) is 20.0. The lowest BCUT2D eigenvalue weighted by atomic mass is 9.84. The van der Waals surface area contributed by atoms with Crippen molar-refractivity contribution in [3.63, 3.8) is 0 Å². The van der Waals surface area contributed by atoms with Crippen LogP contribution in [0.4, 0.5) is 4.79 Å². The van der Waals surface area contributed by atoms with Crippen LogP contribution < -0.4 is 5.43 Å². The predicted octanol–water partition coefficient (Wildman–Crippen LogP) is 6.71. The number of benzene rings is 3. The van der Waals surface area contributed by atoms with Gasteiger partial charge in [-0.15, -0.1) is 0 Å². The Kier molecular flexibility index (Phi) is 5.87. The molecular weight excluding hydrogens is 436 g/mol. The molecule has 0 aliphatic carbocycles. The van der Waals surface area contributed by atoms with Crippen LogP contribution in [-0.2, 0) is 4.74 Å². The number of aromatic amines is 2. The van der Waals surface area contributed by atoms with Crippen molar-refractivity contribution in [1.29, 1.82) is 0 Å². The molecule has 0 spiro atoms. The monoisotopic (exact) mass is 464 g/mol. The van der Waals surface area contributed by atoms with Crippen LogP contribution >= 0.6 is 0 Å². The Balaban J connectivity index is 1.72. The van der Waals surface area contributed by atoms with E-state index in [1.54, 1.807) is 0 Å². The molecule has 0 bridgehead atoms. The molecule has 2 heterocycles. The third-order valence-electron chi connectivity index (χ3n) is 5.87. The molecule has 176 valence electrons. The summed E-state index contributed by atoms with van der Waals surface area (Å²) in [6, 6.07) is 26.3. The Morgan fingerprint density at radius 1 is 0.800 bits per heavy atom. The van der Waals surface area contributed by atoms with Gasteiger partial charge in [0.05, 0.1) is 11.6 Å². The highest BCUT2D eigenvalue weighted by Crippen LogP contribution is 2.37. The van der Waals surface area contributed by atoms with E-state index in [-0.39, 0.29) is 5.92 Å². The summed E-state index contributed by atoms with van der Waals surface area (Å²) >= 11 is 0. The minimum atomic E-state index is -0.625. The molecular formula is C29H28N4O2. The van der Waals surface area contributed by atoms with E-state index in [4.69, 9.17) is 4.74 Å². The molecule has 6 nitrogen and oxygen atoms in total. The molecule has 5 rings (SSSR count). The lowest BCUT2D eigenvalue weighted by molar-refractivity contribution is 0.0529. The second-order valence-electron chi connectivity index (χ2n) is 9.49. The van der Waals surface area contributed by atoms with E-state index in [0.717, 1.165) is 38.5 Å². The first-order chi connectivity index (χ1) is 16.9. The number of ether oxygens (including phenoxy) is 1. The van der Waals surface area contributed by atoms with E-state index in [0.29, 0.717) is 5.71 Å². The molecule has 3 N–H and O–H groups in total. The van der Waals surface area contributed by atoms with Crippen molar-refractivity contribution in [2.75, 3.05) is 0 Å². The molecule has 0 saturated carbocycles. The zero-order valence-electron chi connectivity index (χ0n) is 20.0. The van der Waals surface area contributed by atoms with Crippen molar-refractivity contribution >= 4 is 33.6 Å². The summed E-state index contributed by atoms with van der Waals surface area (Å²) in [6.45, 7) is 5.49. The molecule has 6 heteroatoms. The number of nitrogens with zero attached hydrogens (tertiary/aromatic N) is 1. The van der Waals surface area contributed by atoms with Gasteiger partial charge in [-0.05, 0) is 49.6 Å². The highest BCUT2D eigenvalue weighted by Gasteiger charge is 2.28. The van der Waals surface area contributed by atoms with E-state index in [9.17, 15) is 4.79 Å². The van der Waals surface area contributed by atoms with E-state index in [2.05, 4.69) is 44.8 Å². The van der Waals surface area contributed by atoms with E-state index >= 15 is 0 Å². The van der Waals surface area contributed by atoms with Gasteiger partial charge < -0.3 is 14.7 Å². The van der Waals surface area contributed by atoms with Gasteiger partial charge >= 0.3 is 6.09 Å². The maximum atomic E-state index is 12.6. The number of hydrogen-bond donors (Lipinski definition) is 3. The SMILES string of the molecule is CC(C)(C)OC(=O)N/N=C(\c1ccccc1)C(c1c[nH]c2ccccc12)c1c[nH]c2ccccc12. The van der Waals surface area contributed by atoms with Crippen LogP contribution in [-0.4, -0.2) is 27.4 Å². The van der Waals surface area contributed by atoms with Crippen molar-refractivity contribution < 1.29 is 9.53 Å². The van der Waals surface area contributed by atoms with Crippen LogP contribution in [0.1, 0.15) is 43.4 Å². The molecule has 2 aromatic heterocycles. The number of para-hydroxylation sites is 2. The smallest absolute Gasteiger partial charge is 0.428 e. The van der Waals surface area contributed by atoms with Crippen LogP contribution in [0, 0.1) is 0 Å². The van der Waals surface area contributed by atoms with Crippen molar-refractivity contribution in [3.05, 3.63) is 108 Å². The zero-order chi connectivity index (χ0) is 24.4. The number of aromatic nitrogens is 2. The second kappa shape index (κ2) is 9.14. The fraction of sp³-hybridized carbons (Fsp3) is 0.172. The molecule has 35 heavy (non-hydrogen) atoms. The predicted molar refractivity (Wildman–Crippen MR) is 141 cm³/mol. The van der Waals surface area contributed by atoms with Gasteiger partial charge in [0.15, 0.2) is 0 Å². The van der Waals surface area contributed by atoms with Crippen LogP contribution in [0.3, 0.4) is 0 Å². The van der Waals surface area contributed by atoms with Gasteiger partial charge in [-0.25, -0.2) is 10.2 Å². The molecule has 0 saturated heterocycles. The number of amides is 1.